The topological polar surface area (TPSA) is 88.5 Å². The molecule has 0 unspecified atom stereocenters. The fourth-order valence-electron chi connectivity index (χ4n) is 5.33. The van der Waals surface area contributed by atoms with E-state index in [1.165, 1.54) is 7.11 Å². The molecule has 0 aliphatic carbocycles. The molecular formula is C32H32ClN5O3S. The summed E-state index contributed by atoms with van der Waals surface area (Å²) in [5, 5.41) is 7.34. The van der Waals surface area contributed by atoms with Gasteiger partial charge in [0, 0.05) is 34.9 Å². The first-order valence-electron chi connectivity index (χ1n) is 13.6. The van der Waals surface area contributed by atoms with Crippen molar-refractivity contribution in [3.8, 4) is 5.69 Å². The summed E-state index contributed by atoms with van der Waals surface area (Å²) >= 11 is 12.6. The molecule has 216 valence electrons. The maximum atomic E-state index is 12.3. The van der Waals surface area contributed by atoms with Crippen LogP contribution in [-0.2, 0) is 9.53 Å². The highest BCUT2D eigenvalue weighted by Crippen LogP contribution is 2.44. The smallest absolute Gasteiger partial charge is 0.337 e. The fourth-order valence-corrected chi connectivity index (χ4v) is 5.90. The third-order valence-corrected chi connectivity index (χ3v) is 8.07. The molecule has 4 aromatic rings. The molecule has 1 aliphatic heterocycles. The Kier molecular flexibility index (Phi) is 8.34. The standard InChI is InChI=1S/C32H32ClN5O3S/c1-18(2)30(39)35-26-14-13-23(17-25(26)33)38-29(28(36-32(38)42)27-8-6-7-15-34-27)24-16-19(3)37(20(24)4)22-11-9-21(10-12-22)31(40)41-5/h6-18,28-29H,1-5H3,(H,35,39)(H,36,42)/t28-,29-/m0/s1. The number of aryl methyl sites for hydroxylation is 1. The van der Waals surface area contributed by atoms with Crippen molar-refractivity contribution >= 4 is 52.2 Å². The molecule has 8 nitrogen and oxygen atoms in total. The van der Waals surface area contributed by atoms with E-state index < -0.39 is 0 Å². The van der Waals surface area contributed by atoms with Crippen molar-refractivity contribution in [2.75, 3.05) is 17.3 Å². The zero-order valence-electron chi connectivity index (χ0n) is 24.0. The molecule has 1 amide bonds. The van der Waals surface area contributed by atoms with Gasteiger partial charge < -0.3 is 24.8 Å². The van der Waals surface area contributed by atoms with Gasteiger partial charge in [0.25, 0.3) is 0 Å². The maximum absolute atomic E-state index is 12.3. The number of hydrogen-bond donors (Lipinski definition) is 2. The van der Waals surface area contributed by atoms with Crippen LogP contribution < -0.4 is 15.5 Å². The number of aromatic nitrogens is 2. The average Bonchev–Trinajstić information content (AvgIpc) is 3.48. The number of anilines is 2. The number of ether oxygens (including phenoxy) is 1. The van der Waals surface area contributed by atoms with E-state index in [1.807, 2.05) is 56.3 Å². The van der Waals surface area contributed by atoms with Crippen LogP contribution in [0.2, 0.25) is 5.02 Å². The number of hydrogen-bond acceptors (Lipinski definition) is 5. The van der Waals surface area contributed by atoms with E-state index in [4.69, 9.17) is 28.6 Å². The van der Waals surface area contributed by atoms with Gasteiger partial charge in [-0.1, -0.05) is 31.5 Å². The van der Waals surface area contributed by atoms with Crippen molar-refractivity contribution < 1.29 is 14.3 Å². The predicted molar refractivity (Wildman–Crippen MR) is 169 cm³/mol. The van der Waals surface area contributed by atoms with Crippen molar-refractivity contribution in [1.29, 1.82) is 0 Å². The van der Waals surface area contributed by atoms with Crippen LogP contribution in [0, 0.1) is 19.8 Å². The normalized spacial score (nSPS) is 16.5. The van der Waals surface area contributed by atoms with Crippen molar-refractivity contribution in [2.24, 2.45) is 5.92 Å². The Morgan fingerprint density at radius 1 is 1.05 bits per heavy atom. The van der Waals surface area contributed by atoms with Gasteiger partial charge in [-0.05, 0) is 92.3 Å². The molecule has 0 radical (unpaired) electrons. The SMILES string of the molecule is COC(=O)c1ccc(-n2c(C)cc([C@H]3[C@H](c4ccccn4)NC(=S)N3c3ccc(NC(=O)C(C)C)c(Cl)c3)c2C)cc1. The van der Waals surface area contributed by atoms with Gasteiger partial charge in [0.2, 0.25) is 5.91 Å². The lowest BCUT2D eigenvalue weighted by atomic mass is 9.96. The predicted octanol–water partition coefficient (Wildman–Crippen LogP) is 6.70. The van der Waals surface area contributed by atoms with Crippen molar-refractivity contribution in [1.82, 2.24) is 14.9 Å². The first-order valence-corrected chi connectivity index (χ1v) is 14.4. The maximum Gasteiger partial charge on any atom is 0.337 e. The number of rotatable bonds is 7. The van der Waals surface area contributed by atoms with Crippen LogP contribution in [0.1, 0.15) is 58.9 Å². The Balaban J connectivity index is 1.59. The molecule has 2 N–H and O–H groups in total. The Hall–Kier alpha value is -4.21. The van der Waals surface area contributed by atoms with Crippen molar-refractivity contribution in [3.63, 3.8) is 0 Å². The number of pyridine rings is 1. The van der Waals surface area contributed by atoms with E-state index in [0.29, 0.717) is 21.4 Å². The summed E-state index contributed by atoms with van der Waals surface area (Å²) in [4.78, 5) is 31.0. The monoisotopic (exact) mass is 601 g/mol. The largest absolute Gasteiger partial charge is 0.465 e. The molecule has 5 rings (SSSR count). The van der Waals surface area contributed by atoms with Crippen LogP contribution in [-0.4, -0.2) is 33.6 Å². The molecule has 2 aromatic carbocycles. The van der Waals surface area contributed by atoms with Gasteiger partial charge in [-0.2, -0.15) is 0 Å². The summed E-state index contributed by atoms with van der Waals surface area (Å²) in [6.45, 7) is 7.79. The number of esters is 1. The molecular weight excluding hydrogens is 570 g/mol. The van der Waals surface area contributed by atoms with Crippen LogP contribution in [0.4, 0.5) is 11.4 Å². The average molecular weight is 602 g/mol. The Bertz CT molecular complexity index is 1650. The number of methoxy groups -OCH3 is 1. The van der Waals surface area contributed by atoms with E-state index in [0.717, 1.165) is 34.0 Å². The van der Waals surface area contributed by atoms with Gasteiger partial charge in [0.15, 0.2) is 5.11 Å². The van der Waals surface area contributed by atoms with Crippen molar-refractivity contribution in [3.05, 3.63) is 106 Å². The summed E-state index contributed by atoms with van der Waals surface area (Å²) in [6, 6.07) is 20.4. The van der Waals surface area contributed by atoms with E-state index in [-0.39, 0.29) is 29.9 Å². The molecule has 3 heterocycles. The second kappa shape index (κ2) is 12.0. The molecule has 0 bridgehead atoms. The minimum Gasteiger partial charge on any atom is -0.465 e. The number of amides is 1. The number of halogens is 1. The second-order valence-electron chi connectivity index (χ2n) is 10.5. The van der Waals surface area contributed by atoms with Gasteiger partial charge in [0.1, 0.15) is 0 Å². The first kappa shape index (κ1) is 29.3. The third-order valence-electron chi connectivity index (χ3n) is 7.45. The lowest BCUT2D eigenvalue weighted by Gasteiger charge is -2.28. The Morgan fingerprint density at radius 3 is 2.38 bits per heavy atom. The minimum atomic E-state index is -0.379. The van der Waals surface area contributed by atoms with Gasteiger partial charge in [-0.15, -0.1) is 0 Å². The zero-order valence-corrected chi connectivity index (χ0v) is 25.6. The highest BCUT2D eigenvalue weighted by molar-refractivity contribution is 7.80. The number of carbonyl (C=O) groups excluding carboxylic acids is 2. The number of carbonyl (C=O) groups is 2. The summed E-state index contributed by atoms with van der Waals surface area (Å²) in [5.74, 6) is -0.661. The zero-order chi connectivity index (χ0) is 30.1. The molecule has 0 saturated carbocycles. The van der Waals surface area contributed by atoms with Gasteiger partial charge in [-0.25, -0.2) is 4.79 Å². The van der Waals surface area contributed by atoms with Crippen LogP contribution in [0.3, 0.4) is 0 Å². The molecule has 0 spiro atoms. The fraction of sp³-hybridized carbons (Fsp3) is 0.250. The highest BCUT2D eigenvalue weighted by atomic mass is 35.5. The van der Waals surface area contributed by atoms with E-state index in [1.54, 1.807) is 24.4 Å². The van der Waals surface area contributed by atoms with E-state index in [2.05, 4.69) is 45.0 Å². The number of benzene rings is 2. The minimum absolute atomic E-state index is 0.108. The van der Waals surface area contributed by atoms with Crippen LogP contribution in [0.15, 0.2) is 72.9 Å². The lowest BCUT2D eigenvalue weighted by Crippen LogP contribution is -2.29. The Labute approximate surface area is 255 Å². The molecule has 10 heteroatoms. The molecule has 42 heavy (non-hydrogen) atoms. The van der Waals surface area contributed by atoms with Crippen LogP contribution in [0.5, 0.6) is 0 Å². The van der Waals surface area contributed by atoms with E-state index >= 15 is 0 Å². The van der Waals surface area contributed by atoms with Crippen LogP contribution in [0.25, 0.3) is 5.69 Å². The summed E-state index contributed by atoms with van der Waals surface area (Å²) in [5.41, 5.74) is 6.70. The summed E-state index contributed by atoms with van der Waals surface area (Å²) in [6.07, 6.45) is 1.77. The molecule has 2 aromatic heterocycles. The number of thiocarbonyl (C=S) groups is 1. The van der Waals surface area contributed by atoms with Gasteiger partial charge in [-0.3, -0.25) is 9.78 Å². The highest BCUT2D eigenvalue weighted by Gasteiger charge is 2.42. The Morgan fingerprint density at radius 2 is 1.76 bits per heavy atom. The van der Waals surface area contributed by atoms with Crippen LogP contribution >= 0.6 is 23.8 Å². The lowest BCUT2D eigenvalue weighted by molar-refractivity contribution is -0.118. The van der Waals surface area contributed by atoms with Crippen molar-refractivity contribution in [2.45, 2.75) is 39.8 Å². The number of nitrogens with one attached hydrogen (secondary N) is 2. The van der Waals surface area contributed by atoms with Gasteiger partial charge in [0.05, 0.1) is 41.2 Å². The van der Waals surface area contributed by atoms with E-state index in [9.17, 15) is 9.59 Å². The molecule has 1 aliphatic rings. The summed E-state index contributed by atoms with van der Waals surface area (Å²) in [7, 11) is 1.37. The second-order valence-corrected chi connectivity index (χ2v) is 11.3. The third kappa shape index (κ3) is 5.49. The quantitative estimate of drug-likeness (QED) is 0.180. The summed E-state index contributed by atoms with van der Waals surface area (Å²) < 4.78 is 7.01. The first-order chi connectivity index (χ1) is 20.1. The molecule has 1 saturated heterocycles. The molecule has 2 atom stereocenters. The number of nitrogens with zero attached hydrogens (tertiary/aromatic N) is 3. The van der Waals surface area contributed by atoms with Gasteiger partial charge >= 0.3 is 5.97 Å². The molecule has 1 fully saturated rings.